The van der Waals surface area contributed by atoms with Crippen LogP contribution in [0.15, 0.2) is 6.20 Å². The summed E-state index contributed by atoms with van der Waals surface area (Å²) in [4.78, 5) is 2.28. The van der Waals surface area contributed by atoms with Crippen LogP contribution in [0.5, 0.6) is 0 Å². The molecule has 2 atom stereocenters. The molecule has 8 heteroatoms. The first kappa shape index (κ1) is 13.7. The zero-order valence-electron chi connectivity index (χ0n) is 11.8. The lowest BCUT2D eigenvalue weighted by atomic mass is 10.1. The van der Waals surface area contributed by atoms with Crippen molar-refractivity contribution in [2.75, 3.05) is 13.2 Å². The zero-order chi connectivity index (χ0) is 14.6. The maximum Gasteiger partial charge on any atom is 0.256 e. The highest BCUT2D eigenvalue weighted by Gasteiger charge is 2.39. The van der Waals surface area contributed by atoms with Crippen LogP contribution in [0.1, 0.15) is 30.5 Å². The molecule has 3 aliphatic rings. The average molecular weight is 312 g/mol. The number of hydrogen-bond acceptors (Lipinski definition) is 6. The molecular formula is C13H20N4O3S. The van der Waals surface area contributed by atoms with E-state index in [1.165, 1.54) is 4.09 Å². The minimum Gasteiger partial charge on any atom is -0.378 e. The molecule has 116 valence electrons. The number of nitrogens with two attached hydrogens (primary N) is 1. The molecule has 4 rings (SSSR count). The molecule has 0 unspecified atom stereocenters. The lowest BCUT2D eigenvalue weighted by molar-refractivity contribution is 0.00507. The molecule has 0 radical (unpaired) electrons. The normalized spacial score (nSPS) is 30.5. The van der Waals surface area contributed by atoms with Crippen LogP contribution in [0.25, 0.3) is 0 Å². The van der Waals surface area contributed by atoms with Crippen LogP contribution in [-0.2, 0) is 27.8 Å². The summed E-state index contributed by atoms with van der Waals surface area (Å²) >= 11 is 0. The van der Waals surface area contributed by atoms with E-state index in [1.54, 1.807) is 6.20 Å². The van der Waals surface area contributed by atoms with Crippen molar-refractivity contribution in [2.24, 2.45) is 5.73 Å². The van der Waals surface area contributed by atoms with Gasteiger partial charge >= 0.3 is 0 Å². The van der Waals surface area contributed by atoms with Gasteiger partial charge in [-0.2, -0.15) is 9.19 Å². The SMILES string of the molecule is N[C@@H]1COC[C@H](N2Cc3cn(S(=O)(=O)C4CC4)nc3C2)C1. The number of rotatable bonds is 3. The van der Waals surface area contributed by atoms with Crippen LogP contribution in [0.4, 0.5) is 0 Å². The van der Waals surface area contributed by atoms with Gasteiger partial charge < -0.3 is 10.5 Å². The molecule has 2 aliphatic heterocycles. The van der Waals surface area contributed by atoms with Crippen molar-refractivity contribution in [3.8, 4) is 0 Å². The van der Waals surface area contributed by atoms with Crippen molar-refractivity contribution in [1.82, 2.24) is 14.1 Å². The highest BCUT2D eigenvalue weighted by atomic mass is 32.2. The van der Waals surface area contributed by atoms with Crippen molar-refractivity contribution in [1.29, 1.82) is 0 Å². The van der Waals surface area contributed by atoms with Gasteiger partial charge in [-0.25, -0.2) is 8.42 Å². The van der Waals surface area contributed by atoms with Gasteiger partial charge in [0.25, 0.3) is 10.0 Å². The lowest BCUT2D eigenvalue weighted by Crippen LogP contribution is -2.46. The number of aromatic nitrogens is 2. The average Bonchev–Trinajstić information content (AvgIpc) is 3.10. The van der Waals surface area contributed by atoms with Gasteiger partial charge in [0, 0.05) is 36.9 Å². The van der Waals surface area contributed by atoms with E-state index in [2.05, 4.69) is 10.00 Å². The molecule has 2 fully saturated rings. The van der Waals surface area contributed by atoms with Crippen LogP contribution >= 0.6 is 0 Å². The summed E-state index contributed by atoms with van der Waals surface area (Å²) in [6.07, 6.45) is 4.13. The molecule has 1 saturated carbocycles. The van der Waals surface area contributed by atoms with Crippen molar-refractivity contribution in [3.05, 3.63) is 17.5 Å². The fourth-order valence-electron chi connectivity index (χ4n) is 3.15. The Bertz CT molecular complexity index is 629. The summed E-state index contributed by atoms with van der Waals surface area (Å²) in [7, 11) is -3.25. The first-order chi connectivity index (χ1) is 10.0. The van der Waals surface area contributed by atoms with Crippen LogP contribution in [0, 0.1) is 0 Å². The van der Waals surface area contributed by atoms with Crippen molar-refractivity contribution in [2.45, 2.75) is 49.7 Å². The molecule has 7 nitrogen and oxygen atoms in total. The summed E-state index contributed by atoms with van der Waals surface area (Å²) in [5.41, 5.74) is 7.83. The van der Waals surface area contributed by atoms with Crippen molar-refractivity contribution >= 4 is 10.0 Å². The summed E-state index contributed by atoms with van der Waals surface area (Å²) in [5.74, 6) is 0. The second-order valence-corrected chi connectivity index (χ2v) is 8.38. The molecule has 0 spiro atoms. The quantitative estimate of drug-likeness (QED) is 0.821. The third-order valence-electron chi connectivity index (χ3n) is 4.52. The molecule has 2 N–H and O–H groups in total. The smallest absolute Gasteiger partial charge is 0.256 e. The summed E-state index contributed by atoms with van der Waals surface area (Å²) in [5, 5.41) is 4.08. The summed E-state index contributed by atoms with van der Waals surface area (Å²) in [6.45, 7) is 2.74. The first-order valence-electron chi connectivity index (χ1n) is 7.43. The third kappa shape index (κ3) is 2.40. The Balaban J connectivity index is 1.49. The lowest BCUT2D eigenvalue weighted by Gasteiger charge is -2.33. The standard InChI is InChI=1S/C13H20N4O3S/c14-10-3-11(8-20-7-10)16-4-9-5-17(15-13(9)6-16)21(18,19)12-1-2-12/h5,10-12H,1-4,6-8,14H2/t10-,11+/m0/s1. The van der Waals surface area contributed by atoms with Gasteiger partial charge in [-0.15, -0.1) is 0 Å². The van der Waals surface area contributed by atoms with E-state index in [-0.39, 0.29) is 11.3 Å². The van der Waals surface area contributed by atoms with Crippen molar-refractivity contribution in [3.63, 3.8) is 0 Å². The van der Waals surface area contributed by atoms with Gasteiger partial charge in [-0.3, -0.25) is 4.90 Å². The number of hydrogen-bond donors (Lipinski definition) is 1. The molecule has 0 aromatic carbocycles. The Labute approximate surface area is 124 Å². The minimum absolute atomic E-state index is 0.0897. The zero-order valence-corrected chi connectivity index (χ0v) is 12.6. The fourth-order valence-corrected chi connectivity index (χ4v) is 4.68. The molecular weight excluding hydrogens is 292 g/mol. The Morgan fingerprint density at radius 2 is 2.10 bits per heavy atom. The van der Waals surface area contributed by atoms with Gasteiger partial charge in [0.05, 0.1) is 24.2 Å². The highest BCUT2D eigenvalue weighted by Crippen LogP contribution is 2.32. The number of ether oxygens (including phenoxy) is 1. The molecule has 1 aliphatic carbocycles. The molecule has 1 saturated heterocycles. The van der Waals surface area contributed by atoms with Gasteiger partial charge in [0.15, 0.2) is 0 Å². The topological polar surface area (TPSA) is 90.5 Å². The summed E-state index contributed by atoms with van der Waals surface area (Å²) < 4.78 is 31.1. The van der Waals surface area contributed by atoms with E-state index in [0.29, 0.717) is 25.8 Å². The van der Waals surface area contributed by atoms with Crippen LogP contribution < -0.4 is 5.73 Å². The van der Waals surface area contributed by atoms with Gasteiger partial charge in [-0.1, -0.05) is 0 Å². The van der Waals surface area contributed by atoms with Gasteiger partial charge in [0.2, 0.25) is 0 Å². The minimum atomic E-state index is -3.25. The van der Waals surface area contributed by atoms with Crippen molar-refractivity contribution < 1.29 is 13.2 Å². The van der Waals surface area contributed by atoms with Crippen LogP contribution in [0.3, 0.4) is 0 Å². The molecule has 1 aromatic rings. The predicted octanol–water partition coefficient (Wildman–Crippen LogP) is -0.345. The Hall–Kier alpha value is -0.960. The van der Waals surface area contributed by atoms with Gasteiger partial charge in [0.1, 0.15) is 0 Å². The molecule has 0 bridgehead atoms. The number of nitrogens with zero attached hydrogens (tertiary/aromatic N) is 3. The van der Waals surface area contributed by atoms with E-state index in [0.717, 1.165) is 37.1 Å². The molecule has 21 heavy (non-hydrogen) atoms. The predicted molar refractivity (Wildman–Crippen MR) is 76.0 cm³/mol. The molecule has 1 aromatic heterocycles. The largest absolute Gasteiger partial charge is 0.378 e. The Morgan fingerprint density at radius 1 is 1.29 bits per heavy atom. The van der Waals surface area contributed by atoms with Crippen LogP contribution in [0.2, 0.25) is 0 Å². The Morgan fingerprint density at radius 3 is 2.76 bits per heavy atom. The monoisotopic (exact) mass is 312 g/mol. The van der Waals surface area contributed by atoms with E-state index < -0.39 is 10.0 Å². The Kier molecular flexibility index (Phi) is 3.11. The second-order valence-electron chi connectivity index (χ2n) is 6.31. The van der Waals surface area contributed by atoms with E-state index in [9.17, 15) is 8.42 Å². The first-order valence-corrected chi connectivity index (χ1v) is 8.93. The van der Waals surface area contributed by atoms with Crippen LogP contribution in [-0.4, -0.2) is 53.1 Å². The van der Waals surface area contributed by atoms with E-state index in [1.807, 2.05) is 0 Å². The van der Waals surface area contributed by atoms with Gasteiger partial charge in [-0.05, 0) is 19.3 Å². The molecule has 0 amide bonds. The third-order valence-corrected chi connectivity index (χ3v) is 6.54. The van der Waals surface area contributed by atoms with E-state index >= 15 is 0 Å². The second kappa shape index (κ2) is 4.77. The fraction of sp³-hybridized carbons (Fsp3) is 0.769. The maximum atomic E-state index is 12.2. The summed E-state index contributed by atoms with van der Waals surface area (Å²) in [6, 6.07) is 0.392. The maximum absolute atomic E-state index is 12.2. The molecule has 3 heterocycles. The number of fused-ring (bicyclic) bond motifs is 1. The highest BCUT2D eigenvalue weighted by molar-refractivity contribution is 7.90. The van der Waals surface area contributed by atoms with E-state index in [4.69, 9.17) is 10.5 Å².